The first-order chi connectivity index (χ1) is 7.27. The van der Waals surface area contributed by atoms with Crippen molar-refractivity contribution >= 4 is 15.9 Å². The Bertz CT molecular complexity index is 344. The van der Waals surface area contributed by atoms with Gasteiger partial charge in [-0.25, -0.2) is 4.98 Å². The number of hydrogen-bond donors (Lipinski definition) is 0. The van der Waals surface area contributed by atoms with Gasteiger partial charge in [-0.3, -0.25) is 0 Å². The third kappa shape index (κ3) is 1.99. The van der Waals surface area contributed by atoms with E-state index < -0.39 is 0 Å². The summed E-state index contributed by atoms with van der Waals surface area (Å²) in [7, 11) is 0. The topological polar surface area (TPSA) is 17.8 Å². The molecule has 1 atom stereocenters. The van der Waals surface area contributed by atoms with E-state index >= 15 is 0 Å². The predicted octanol–water partition coefficient (Wildman–Crippen LogP) is 3.63. The molecule has 1 aromatic heterocycles. The fourth-order valence-electron chi connectivity index (χ4n) is 2.56. The normalized spacial score (nSPS) is 20.3. The minimum Gasteiger partial charge on any atom is -0.329 e. The van der Waals surface area contributed by atoms with Gasteiger partial charge in [-0.2, -0.15) is 0 Å². The molecule has 1 aliphatic rings. The summed E-state index contributed by atoms with van der Waals surface area (Å²) in [4.78, 5) is 4.77. The van der Waals surface area contributed by atoms with E-state index in [1.54, 1.807) is 0 Å². The molecule has 1 unspecified atom stereocenters. The molecule has 84 valence electrons. The van der Waals surface area contributed by atoms with E-state index in [0.29, 0.717) is 6.04 Å². The maximum atomic E-state index is 4.77. The van der Waals surface area contributed by atoms with Crippen LogP contribution in [0.15, 0.2) is 0 Å². The molecule has 0 aliphatic carbocycles. The second-order valence-corrected chi connectivity index (χ2v) is 4.98. The van der Waals surface area contributed by atoms with Crippen molar-refractivity contribution in [2.24, 2.45) is 0 Å². The van der Waals surface area contributed by atoms with Crippen LogP contribution in [0, 0.1) is 0 Å². The molecule has 1 aliphatic heterocycles. The summed E-state index contributed by atoms with van der Waals surface area (Å²) in [6.45, 7) is 4.55. The van der Waals surface area contributed by atoms with Gasteiger partial charge in [0.05, 0.1) is 5.69 Å². The molecule has 0 saturated heterocycles. The van der Waals surface area contributed by atoms with E-state index in [1.165, 1.54) is 42.9 Å². The highest BCUT2D eigenvalue weighted by molar-refractivity contribution is 9.08. The smallest absolute Gasteiger partial charge is 0.109 e. The number of alkyl halides is 1. The van der Waals surface area contributed by atoms with Gasteiger partial charge in [0.2, 0.25) is 0 Å². The van der Waals surface area contributed by atoms with E-state index in [9.17, 15) is 0 Å². The molecular formula is C12H19BrN2. The van der Waals surface area contributed by atoms with Gasteiger partial charge in [-0.15, -0.1) is 0 Å². The van der Waals surface area contributed by atoms with Crippen LogP contribution in [0.5, 0.6) is 0 Å². The van der Waals surface area contributed by atoms with Crippen molar-refractivity contribution in [3.05, 3.63) is 17.2 Å². The number of imidazole rings is 1. The van der Waals surface area contributed by atoms with Crippen LogP contribution in [0.4, 0.5) is 0 Å². The monoisotopic (exact) mass is 270 g/mol. The number of hydrogen-bond acceptors (Lipinski definition) is 1. The number of nitrogens with zero attached hydrogens (tertiary/aromatic N) is 2. The zero-order chi connectivity index (χ0) is 10.8. The largest absolute Gasteiger partial charge is 0.329 e. The first kappa shape index (κ1) is 11.2. The molecule has 2 heterocycles. The Balaban J connectivity index is 2.43. The Labute approximate surface area is 100 Å². The van der Waals surface area contributed by atoms with Crippen molar-refractivity contribution in [3.8, 4) is 0 Å². The minimum absolute atomic E-state index is 0.649. The molecule has 0 fully saturated rings. The molecule has 0 N–H and O–H groups in total. The summed E-state index contributed by atoms with van der Waals surface area (Å²) in [5.74, 6) is 1.30. The van der Waals surface area contributed by atoms with E-state index in [0.717, 1.165) is 11.8 Å². The molecule has 1 aromatic rings. The Morgan fingerprint density at radius 1 is 1.53 bits per heavy atom. The molecule has 0 saturated carbocycles. The lowest BCUT2D eigenvalue weighted by Crippen LogP contribution is -2.17. The van der Waals surface area contributed by atoms with Crippen molar-refractivity contribution in [1.82, 2.24) is 9.55 Å². The minimum atomic E-state index is 0.649. The predicted molar refractivity (Wildman–Crippen MR) is 66.5 cm³/mol. The molecule has 0 radical (unpaired) electrons. The van der Waals surface area contributed by atoms with Gasteiger partial charge in [0.1, 0.15) is 5.82 Å². The van der Waals surface area contributed by atoms with Crippen LogP contribution in [-0.2, 0) is 18.2 Å². The lowest BCUT2D eigenvalue weighted by molar-refractivity contribution is 0.417. The molecule has 0 aromatic carbocycles. The molecule has 15 heavy (non-hydrogen) atoms. The van der Waals surface area contributed by atoms with Crippen molar-refractivity contribution in [1.29, 1.82) is 0 Å². The van der Waals surface area contributed by atoms with Gasteiger partial charge in [0.15, 0.2) is 0 Å². The van der Waals surface area contributed by atoms with Crippen molar-refractivity contribution in [2.45, 2.75) is 57.3 Å². The first-order valence-electron chi connectivity index (χ1n) is 5.92. The molecular weight excluding hydrogens is 252 g/mol. The third-order valence-electron chi connectivity index (χ3n) is 3.24. The highest BCUT2D eigenvalue weighted by atomic mass is 79.9. The summed E-state index contributed by atoms with van der Waals surface area (Å²) in [5, 5.41) is 0.902. The molecule has 2 rings (SSSR count). The third-order valence-corrected chi connectivity index (χ3v) is 3.77. The maximum Gasteiger partial charge on any atom is 0.109 e. The fourth-order valence-corrected chi connectivity index (χ4v) is 3.00. The van der Waals surface area contributed by atoms with Gasteiger partial charge in [-0.05, 0) is 32.6 Å². The second kappa shape index (κ2) is 4.69. The van der Waals surface area contributed by atoms with Crippen LogP contribution in [0.1, 0.15) is 56.4 Å². The summed E-state index contributed by atoms with van der Waals surface area (Å²) in [6.07, 6.45) is 6.14. The lowest BCUT2D eigenvalue weighted by atomic mass is 10.0. The fraction of sp³-hybridized carbons (Fsp3) is 0.750. The van der Waals surface area contributed by atoms with Crippen LogP contribution in [0.3, 0.4) is 0 Å². The zero-order valence-corrected chi connectivity index (χ0v) is 11.2. The number of aromatic nitrogens is 2. The first-order valence-corrected chi connectivity index (χ1v) is 7.04. The van der Waals surface area contributed by atoms with Crippen LogP contribution in [0.25, 0.3) is 0 Å². The molecule has 0 bridgehead atoms. The summed E-state index contributed by atoms with van der Waals surface area (Å²) >= 11 is 3.55. The van der Waals surface area contributed by atoms with Crippen LogP contribution >= 0.6 is 15.9 Å². The SMILES string of the molecule is CCCc1nc(CBr)c2n1C(C)CCC2. The van der Waals surface area contributed by atoms with Gasteiger partial charge >= 0.3 is 0 Å². The highest BCUT2D eigenvalue weighted by Crippen LogP contribution is 2.29. The Kier molecular flexibility index (Phi) is 3.49. The zero-order valence-electron chi connectivity index (χ0n) is 9.59. The second-order valence-electron chi connectivity index (χ2n) is 4.42. The van der Waals surface area contributed by atoms with Crippen LogP contribution in [0.2, 0.25) is 0 Å². The highest BCUT2D eigenvalue weighted by Gasteiger charge is 2.22. The van der Waals surface area contributed by atoms with E-state index in [-0.39, 0.29) is 0 Å². The van der Waals surface area contributed by atoms with Crippen molar-refractivity contribution in [2.75, 3.05) is 0 Å². The number of fused-ring (bicyclic) bond motifs is 1. The van der Waals surface area contributed by atoms with E-state index in [4.69, 9.17) is 4.98 Å². The number of rotatable bonds is 3. The summed E-state index contributed by atoms with van der Waals surface area (Å²) in [5.41, 5.74) is 2.75. The van der Waals surface area contributed by atoms with Gasteiger partial charge in [0, 0.05) is 23.5 Å². The lowest BCUT2D eigenvalue weighted by Gasteiger charge is -2.24. The Morgan fingerprint density at radius 2 is 2.33 bits per heavy atom. The van der Waals surface area contributed by atoms with Gasteiger partial charge in [0.25, 0.3) is 0 Å². The van der Waals surface area contributed by atoms with Crippen LogP contribution < -0.4 is 0 Å². The summed E-state index contributed by atoms with van der Waals surface area (Å²) < 4.78 is 2.49. The van der Waals surface area contributed by atoms with Crippen molar-refractivity contribution < 1.29 is 0 Å². The quantitative estimate of drug-likeness (QED) is 0.768. The van der Waals surface area contributed by atoms with E-state index in [2.05, 4.69) is 34.3 Å². The van der Waals surface area contributed by atoms with Gasteiger partial charge < -0.3 is 4.57 Å². The van der Waals surface area contributed by atoms with Crippen LogP contribution in [-0.4, -0.2) is 9.55 Å². The molecule has 0 amide bonds. The van der Waals surface area contributed by atoms with Gasteiger partial charge in [-0.1, -0.05) is 22.9 Å². The average molecular weight is 271 g/mol. The number of halogens is 1. The molecule has 2 nitrogen and oxygen atoms in total. The number of aryl methyl sites for hydroxylation is 1. The average Bonchev–Trinajstić information content (AvgIpc) is 2.59. The standard InChI is InChI=1S/C12H19BrN2/c1-3-5-12-14-10(8-13)11-7-4-6-9(2)15(11)12/h9H,3-8H2,1-2H3. The summed E-state index contributed by atoms with van der Waals surface area (Å²) in [6, 6.07) is 0.649. The van der Waals surface area contributed by atoms with Crippen molar-refractivity contribution in [3.63, 3.8) is 0 Å². The molecule has 3 heteroatoms. The maximum absolute atomic E-state index is 4.77. The van der Waals surface area contributed by atoms with E-state index in [1.807, 2.05) is 0 Å². The Hall–Kier alpha value is -0.310. The Morgan fingerprint density at radius 3 is 3.00 bits per heavy atom. The molecule has 0 spiro atoms.